The second kappa shape index (κ2) is 6.55. The van der Waals surface area contributed by atoms with Crippen molar-refractivity contribution in [1.29, 1.82) is 5.26 Å². The standard InChI is InChI=1S/C15H17N7O2/c16-5-10-3-12(18-6-10)15(24)22-2-1-21(7-11(23)8-22)14-4-13(17)19-9-20-14/h3-4,6,9,11,18,23H,1-2,7-8H2,(H2,17,19,20). The zero-order valence-corrected chi connectivity index (χ0v) is 12.9. The van der Waals surface area contributed by atoms with Crippen LogP contribution in [0.25, 0.3) is 0 Å². The smallest absolute Gasteiger partial charge is 0.270 e. The second-order valence-electron chi connectivity index (χ2n) is 5.57. The number of nitrogens with two attached hydrogens (primary N) is 1. The van der Waals surface area contributed by atoms with Crippen molar-refractivity contribution in [2.75, 3.05) is 36.8 Å². The molecule has 2 aromatic heterocycles. The SMILES string of the molecule is N#Cc1c[nH]c(C(=O)N2CCN(c3cc(N)ncn3)CC(O)C2)c1. The van der Waals surface area contributed by atoms with Gasteiger partial charge in [-0.15, -0.1) is 0 Å². The van der Waals surface area contributed by atoms with Crippen LogP contribution in [0.1, 0.15) is 16.1 Å². The maximum absolute atomic E-state index is 12.5. The number of aliphatic hydroxyl groups excluding tert-OH is 1. The summed E-state index contributed by atoms with van der Waals surface area (Å²) in [5.41, 5.74) is 6.40. The number of hydrogen-bond acceptors (Lipinski definition) is 7. The van der Waals surface area contributed by atoms with Crippen molar-refractivity contribution in [1.82, 2.24) is 19.9 Å². The van der Waals surface area contributed by atoms with Crippen LogP contribution in [0.15, 0.2) is 24.7 Å². The number of nitrogens with zero attached hydrogens (tertiary/aromatic N) is 5. The van der Waals surface area contributed by atoms with Crippen molar-refractivity contribution in [3.63, 3.8) is 0 Å². The van der Waals surface area contributed by atoms with Crippen LogP contribution < -0.4 is 10.6 Å². The molecule has 0 saturated carbocycles. The number of nitriles is 1. The van der Waals surface area contributed by atoms with Gasteiger partial charge in [0.25, 0.3) is 5.91 Å². The largest absolute Gasteiger partial charge is 0.389 e. The lowest BCUT2D eigenvalue weighted by Crippen LogP contribution is -2.37. The molecule has 0 aromatic carbocycles. The van der Waals surface area contributed by atoms with Gasteiger partial charge in [-0.2, -0.15) is 5.26 Å². The van der Waals surface area contributed by atoms with Crippen molar-refractivity contribution in [3.8, 4) is 6.07 Å². The normalized spacial score (nSPS) is 18.1. The summed E-state index contributed by atoms with van der Waals surface area (Å²) in [6.45, 7) is 1.47. The molecule has 0 radical (unpaired) electrons. The number of nitrogens with one attached hydrogen (secondary N) is 1. The van der Waals surface area contributed by atoms with Gasteiger partial charge >= 0.3 is 0 Å². The summed E-state index contributed by atoms with van der Waals surface area (Å²) in [5, 5.41) is 19.1. The number of carbonyl (C=O) groups is 1. The van der Waals surface area contributed by atoms with Crippen LogP contribution in [0.5, 0.6) is 0 Å². The molecule has 3 rings (SSSR count). The average Bonchev–Trinajstić information content (AvgIpc) is 2.97. The highest BCUT2D eigenvalue weighted by atomic mass is 16.3. The number of β-amino-alcohol motifs (C(OH)–C–C–N with tert-alkyl or cyclic N) is 1. The highest BCUT2D eigenvalue weighted by Crippen LogP contribution is 2.16. The van der Waals surface area contributed by atoms with E-state index in [0.717, 1.165) is 0 Å². The first-order chi connectivity index (χ1) is 11.6. The van der Waals surface area contributed by atoms with Gasteiger partial charge in [0.1, 0.15) is 29.7 Å². The lowest BCUT2D eigenvalue weighted by molar-refractivity contribution is 0.0669. The number of H-pyrrole nitrogens is 1. The molecule has 0 spiro atoms. The Labute approximate surface area is 138 Å². The van der Waals surface area contributed by atoms with E-state index in [0.29, 0.717) is 42.5 Å². The van der Waals surface area contributed by atoms with E-state index in [1.807, 2.05) is 11.0 Å². The lowest BCUT2D eigenvalue weighted by Gasteiger charge is -2.22. The van der Waals surface area contributed by atoms with Gasteiger partial charge in [-0.05, 0) is 6.07 Å². The van der Waals surface area contributed by atoms with Gasteiger partial charge in [0.15, 0.2) is 0 Å². The summed E-state index contributed by atoms with van der Waals surface area (Å²) in [5.74, 6) is 0.712. The molecule has 1 saturated heterocycles. The minimum atomic E-state index is -0.724. The third-order valence-electron chi connectivity index (χ3n) is 3.83. The van der Waals surface area contributed by atoms with Crippen LogP contribution in [-0.4, -0.2) is 63.1 Å². The number of aromatic nitrogens is 3. The van der Waals surface area contributed by atoms with E-state index in [1.165, 1.54) is 18.6 Å². The Morgan fingerprint density at radius 1 is 1.38 bits per heavy atom. The zero-order valence-electron chi connectivity index (χ0n) is 12.9. The molecule has 2 aromatic rings. The number of amides is 1. The monoisotopic (exact) mass is 327 g/mol. The van der Waals surface area contributed by atoms with E-state index in [4.69, 9.17) is 11.0 Å². The van der Waals surface area contributed by atoms with Gasteiger partial charge in [-0.25, -0.2) is 9.97 Å². The summed E-state index contributed by atoms with van der Waals surface area (Å²) in [4.78, 5) is 26.8. The first-order valence-electron chi connectivity index (χ1n) is 7.45. The number of aromatic amines is 1. The van der Waals surface area contributed by atoms with Gasteiger partial charge < -0.3 is 25.6 Å². The van der Waals surface area contributed by atoms with Crippen molar-refractivity contribution >= 4 is 17.5 Å². The fourth-order valence-corrected chi connectivity index (χ4v) is 2.67. The summed E-state index contributed by atoms with van der Waals surface area (Å²) in [7, 11) is 0. The molecule has 1 aliphatic heterocycles. The predicted molar refractivity (Wildman–Crippen MR) is 86.1 cm³/mol. The number of aliphatic hydroxyl groups is 1. The Balaban J connectivity index is 1.74. The van der Waals surface area contributed by atoms with Crippen LogP contribution in [0.2, 0.25) is 0 Å². The predicted octanol–water partition coefficient (Wildman–Crippen LogP) is -0.418. The molecule has 24 heavy (non-hydrogen) atoms. The van der Waals surface area contributed by atoms with Crippen LogP contribution in [0.3, 0.4) is 0 Å². The van der Waals surface area contributed by atoms with Gasteiger partial charge in [-0.3, -0.25) is 4.79 Å². The van der Waals surface area contributed by atoms with Gasteiger partial charge in [0.05, 0.1) is 11.7 Å². The third-order valence-corrected chi connectivity index (χ3v) is 3.83. The number of nitrogen functional groups attached to an aromatic ring is 1. The number of anilines is 2. The molecular weight excluding hydrogens is 310 g/mol. The minimum absolute atomic E-state index is 0.205. The fraction of sp³-hybridized carbons (Fsp3) is 0.333. The van der Waals surface area contributed by atoms with E-state index in [1.54, 1.807) is 11.0 Å². The van der Waals surface area contributed by atoms with Crippen LogP contribution in [0.4, 0.5) is 11.6 Å². The van der Waals surface area contributed by atoms with E-state index < -0.39 is 6.10 Å². The lowest BCUT2D eigenvalue weighted by atomic mass is 10.2. The molecular formula is C15H17N7O2. The third kappa shape index (κ3) is 3.28. The van der Waals surface area contributed by atoms with Crippen molar-refractivity contribution in [2.45, 2.75) is 6.10 Å². The Morgan fingerprint density at radius 3 is 2.92 bits per heavy atom. The first-order valence-corrected chi connectivity index (χ1v) is 7.45. The number of carbonyl (C=O) groups excluding carboxylic acids is 1. The fourth-order valence-electron chi connectivity index (χ4n) is 2.67. The molecule has 0 bridgehead atoms. The van der Waals surface area contributed by atoms with Gasteiger partial charge in [-0.1, -0.05) is 0 Å². The van der Waals surface area contributed by atoms with E-state index in [9.17, 15) is 9.90 Å². The highest BCUT2D eigenvalue weighted by molar-refractivity contribution is 5.93. The molecule has 9 nitrogen and oxygen atoms in total. The Bertz CT molecular complexity index is 782. The molecule has 3 heterocycles. The van der Waals surface area contributed by atoms with E-state index in [2.05, 4.69) is 15.0 Å². The summed E-state index contributed by atoms with van der Waals surface area (Å²) in [6.07, 6.45) is 2.13. The maximum Gasteiger partial charge on any atom is 0.270 e. The minimum Gasteiger partial charge on any atom is -0.389 e. The van der Waals surface area contributed by atoms with Crippen LogP contribution >= 0.6 is 0 Å². The molecule has 1 amide bonds. The summed E-state index contributed by atoms with van der Waals surface area (Å²) < 4.78 is 0. The van der Waals surface area contributed by atoms with Crippen molar-refractivity contribution < 1.29 is 9.90 Å². The molecule has 1 atom stereocenters. The second-order valence-corrected chi connectivity index (χ2v) is 5.57. The van der Waals surface area contributed by atoms with Crippen molar-refractivity contribution in [2.24, 2.45) is 0 Å². The van der Waals surface area contributed by atoms with E-state index in [-0.39, 0.29) is 12.5 Å². The number of hydrogen-bond donors (Lipinski definition) is 3. The van der Waals surface area contributed by atoms with Crippen molar-refractivity contribution in [3.05, 3.63) is 35.9 Å². The molecule has 0 aliphatic carbocycles. The summed E-state index contributed by atoms with van der Waals surface area (Å²) in [6, 6.07) is 5.11. The molecule has 124 valence electrons. The Morgan fingerprint density at radius 2 is 2.21 bits per heavy atom. The molecule has 1 fully saturated rings. The molecule has 4 N–H and O–H groups in total. The summed E-state index contributed by atoms with van der Waals surface area (Å²) >= 11 is 0. The molecule has 1 aliphatic rings. The van der Waals surface area contributed by atoms with Gasteiger partial charge in [0.2, 0.25) is 0 Å². The Hall–Kier alpha value is -3.12. The Kier molecular flexibility index (Phi) is 4.31. The van der Waals surface area contributed by atoms with E-state index >= 15 is 0 Å². The highest BCUT2D eigenvalue weighted by Gasteiger charge is 2.26. The molecule has 9 heteroatoms. The van der Waals surface area contributed by atoms with Crippen LogP contribution in [0, 0.1) is 11.3 Å². The quantitative estimate of drug-likeness (QED) is 0.681. The van der Waals surface area contributed by atoms with Crippen LogP contribution in [-0.2, 0) is 0 Å². The van der Waals surface area contributed by atoms with Gasteiger partial charge in [0, 0.05) is 38.4 Å². The first kappa shape index (κ1) is 15.8. The molecule has 1 unspecified atom stereocenters. The maximum atomic E-state index is 12.5. The number of rotatable bonds is 2. The topological polar surface area (TPSA) is 135 Å². The average molecular weight is 327 g/mol. The zero-order chi connectivity index (χ0) is 17.1.